The van der Waals surface area contributed by atoms with Gasteiger partial charge in [-0.3, -0.25) is 0 Å². The second kappa shape index (κ2) is 4.96. The van der Waals surface area contributed by atoms with Crippen molar-refractivity contribution in [3.05, 3.63) is 54.2 Å². The molecule has 1 rings (SSSR count). The molecular weight excluding hydrogens is 184 g/mol. The van der Waals surface area contributed by atoms with Crippen LogP contribution >= 0.6 is 0 Å². The smallest absolute Gasteiger partial charge is 0.0813 e. The average Bonchev–Trinajstić information content (AvgIpc) is 2.19. The van der Waals surface area contributed by atoms with Gasteiger partial charge in [-0.25, -0.2) is 0 Å². The standard InChI is InChI=1S/C13H16Si/c1-4-13(2,3)14-11-10-12-8-6-5-7-9-12/h4-11H,1H2,2-3H3/b11-10+. The molecule has 0 saturated carbocycles. The molecule has 0 amide bonds. The van der Waals surface area contributed by atoms with E-state index in [0.717, 1.165) is 9.52 Å². The average molecular weight is 200 g/mol. The molecule has 72 valence electrons. The number of rotatable bonds is 4. The molecule has 0 aromatic heterocycles. The maximum atomic E-state index is 3.83. The number of benzene rings is 1. The predicted octanol–water partition coefficient (Wildman–Crippen LogP) is 3.75. The van der Waals surface area contributed by atoms with Crippen LogP contribution in [0.15, 0.2) is 48.7 Å². The van der Waals surface area contributed by atoms with Gasteiger partial charge in [0.2, 0.25) is 0 Å². The van der Waals surface area contributed by atoms with E-state index in [4.69, 9.17) is 0 Å². The molecule has 0 aliphatic heterocycles. The molecule has 0 fully saturated rings. The van der Waals surface area contributed by atoms with Gasteiger partial charge < -0.3 is 0 Å². The van der Waals surface area contributed by atoms with Crippen LogP contribution in [-0.4, -0.2) is 9.52 Å². The summed E-state index contributed by atoms with van der Waals surface area (Å²) in [7, 11) is 0.786. The molecule has 0 bridgehead atoms. The highest BCUT2D eigenvalue weighted by atomic mass is 28.2. The second-order valence-electron chi connectivity index (χ2n) is 3.81. The largest absolute Gasteiger partial charge is 0.103 e. The van der Waals surface area contributed by atoms with E-state index in [-0.39, 0.29) is 5.04 Å². The van der Waals surface area contributed by atoms with Crippen LogP contribution in [0.2, 0.25) is 5.04 Å². The predicted molar refractivity (Wildman–Crippen MR) is 65.5 cm³/mol. The lowest BCUT2D eigenvalue weighted by molar-refractivity contribution is 0.855. The number of hydrogen-bond acceptors (Lipinski definition) is 0. The Kier molecular flexibility index (Phi) is 3.90. The van der Waals surface area contributed by atoms with Gasteiger partial charge in [-0.1, -0.05) is 62.0 Å². The van der Waals surface area contributed by atoms with E-state index >= 15 is 0 Å². The van der Waals surface area contributed by atoms with Gasteiger partial charge in [-0.15, -0.1) is 6.58 Å². The fourth-order valence-corrected chi connectivity index (χ4v) is 1.80. The third kappa shape index (κ3) is 3.75. The van der Waals surface area contributed by atoms with Crippen molar-refractivity contribution < 1.29 is 0 Å². The molecule has 0 aliphatic carbocycles. The van der Waals surface area contributed by atoms with Crippen molar-refractivity contribution in [1.29, 1.82) is 0 Å². The molecule has 0 heterocycles. The molecular formula is C13H16Si. The molecule has 1 heteroatoms. The highest BCUT2D eigenvalue weighted by Crippen LogP contribution is 2.23. The van der Waals surface area contributed by atoms with E-state index in [1.807, 2.05) is 12.1 Å². The van der Waals surface area contributed by atoms with Crippen molar-refractivity contribution in [3.63, 3.8) is 0 Å². The summed E-state index contributed by atoms with van der Waals surface area (Å²) in [5.41, 5.74) is 3.50. The van der Waals surface area contributed by atoms with Crippen LogP contribution in [0, 0.1) is 0 Å². The molecule has 2 radical (unpaired) electrons. The Bertz CT molecular complexity index is 309. The van der Waals surface area contributed by atoms with Gasteiger partial charge in [0.25, 0.3) is 0 Å². The lowest BCUT2D eigenvalue weighted by Gasteiger charge is -2.14. The van der Waals surface area contributed by atoms with Crippen LogP contribution in [0.1, 0.15) is 19.4 Å². The van der Waals surface area contributed by atoms with Gasteiger partial charge in [0, 0.05) is 0 Å². The molecule has 0 unspecified atom stereocenters. The van der Waals surface area contributed by atoms with Crippen LogP contribution in [0.3, 0.4) is 0 Å². The van der Waals surface area contributed by atoms with Gasteiger partial charge in [-0.05, 0) is 10.6 Å². The van der Waals surface area contributed by atoms with E-state index in [1.165, 1.54) is 5.56 Å². The van der Waals surface area contributed by atoms with E-state index < -0.39 is 0 Å². The minimum atomic E-state index is 0.227. The van der Waals surface area contributed by atoms with Crippen LogP contribution in [-0.2, 0) is 0 Å². The van der Waals surface area contributed by atoms with Crippen molar-refractivity contribution in [3.8, 4) is 0 Å². The van der Waals surface area contributed by atoms with Gasteiger partial charge in [-0.2, -0.15) is 0 Å². The van der Waals surface area contributed by atoms with Crippen LogP contribution < -0.4 is 0 Å². The molecule has 0 nitrogen and oxygen atoms in total. The monoisotopic (exact) mass is 200 g/mol. The first kappa shape index (κ1) is 11.0. The Labute approximate surface area is 89.2 Å². The van der Waals surface area contributed by atoms with E-state index in [9.17, 15) is 0 Å². The molecule has 0 N–H and O–H groups in total. The van der Waals surface area contributed by atoms with E-state index in [0.29, 0.717) is 0 Å². The number of allylic oxidation sites excluding steroid dienone is 1. The zero-order valence-electron chi connectivity index (χ0n) is 8.83. The third-order valence-electron chi connectivity index (χ3n) is 2.04. The van der Waals surface area contributed by atoms with Crippen LogP contribution in [0.25, 0.3) is 6.08 Å². The third-order valence-corrected chi connectivity index (χ3v) is 3.32. The molecule has 1 aromatic carbocycles. The fourth-order valence-electron chi connectivity index (χ4n) is 0.976. The second-order valence-corrected chi connectivity index (χ2v) is 5.72. The highest BCUT2D eigenvalue weighted by molar-refractivity contribution is 6.47. The first-order valence-corrected chi connectivity index (χ1v) is 5.85. The fraction of sp³-hybridized carbons (Fsp3) is 0.231. The summed E-state index contributed by atoms with van der Waals surface area (Å²) in [6, 6.07) is 10.4. The van der Waals surface area contributed by atoms with Gasteiger partial charge >= 0.3 is 0 Å². The van der Waals surface area contributed by atoms with Gasteiger partial charge in [0.1, 0.15) is 0 Å². The van der Waals surface area contributed by atoms with E-state index in [1.54, 1.807) is 0 Å². The van der Waals surface area contributed by atoms with Crippen molar-refractivity contribution in [1.82, 2.24) is 0 Å². The minimum absolute atomic E-state index is 0.227. The van der Waals surface area contributed by atoms with Crippen LogP contribution in [0.5, 0.6) is 0 Å². The topological polar surface area (TPSA) is 0 Å². The summed E-state index contributed by atoms with van der Waals surface area (Å²) in [6.45, 7) is 8.24. The molecule has 0 atom stereocenters. The summed E-state index contributed by atoms with van der Waals surface area (Å²) >= 11 is 0. The summed E-state index contributed by atoms with van der Waals surface area (Å²) in [6.07, 6.45) is 4.18. The SMILES string of the molecule is C=CC(C)(C)[Si]/C=C/c1ccccc1. The minimum Gasteiger partial charge on any atom is -0.103 e. The molecule has 14 heavy (non-hydrogen) atoms. The Morgan fingerprint density at radius 3 is 2.43 bits per heavy atom. The summed E-state index contributed by atoms with van der Waals surface area (Å²) in [5.74, 6) is 0. The summed E-state index contributed by atoms with van der Waals surface area (Å²) < 4.78 is 0. The summed E-state index contributed by atoms with van der Waals surface area (Å²) in [4.78, 5) is 0. The number of hydrogen-bond donors (Lipinski definition) is 0. The van der Waals surface area contributed by atoms with Crippen molar-refractivity contribution in [2.75, 3.05) is 0 Å². The summed E-state index contributed by atoms with van der Waals surface area (Å²) in [5, 5.41) is 0.227. The Hall–Kier alpha value is -1.08. The Morgan fingerprint density at radius 1 is 1.21 bits per heavy atom. The quantitative estimate of drug-likeness (QED) is 0.513. The molecule has 0 spiro atoms. The van der Waals surface area contributed by atoms with E-state index in [2.05, 4.69) is 56.5 Å². The normalized spacial score (nSPS) is 11.9. The van der Waals surface area contributed by atoms with Gasteiger partial charge in [0.15, 0.2) is 0 Å². The molecule has 0 saturated heterocycles. The van der Waals surface area contributed by atoms with Crippen molar-refractivity contribution in [2.45, 2.75) is 18.9 Å². The van der Waals surface area contributed by atoms with Crippen molar-refractivity contribution >= 4 is 15.6 Å². The lowest BCUT2D eigenvalue weighted by Crippen LogP contribution is -2.06. The lowest BCUT2D eigenvalue weighted by atomic mass is 10.2. The maximum Gasteiger partial charge on any atom is 0.0813 e. The zero-order chi connectivity index (χ0) is 10.4. The first-order valence-electron chi connectivity index (χ1n) is 4.77. The maximum absolute atomic E-state index is 3.83. The zero-order valence-corrected chi connectivity index (χ0v) is 9.83. The van der Waals surface area contributed by atoms with Gasteiger partial charge in [0.05, 0.1) is 9.52 Å². The molecule has 0 aliphatic rings. The highest BCUT2D eigenvalue weighted by Gasteiger charge is 2.10. The van der Waals surface area contributed by atoms with Crippen LogP contribution in [0.4, 0.5) is 0 Å². The molecule has 1 aromatic rings. The Balaban J connectivity index is 2.54. The van der Waals surface area contributed by atoms with Crippen molar-refractivity contribution in [2.24, 2.45) is 0 Å². The Morgan fingerprint density at radius 2 is 1.86 bits per heavy atom. The first-order chi connectivity index (χ1) is 6.64.